The topological polar surface area (TPSA) is 170 Å². The van der Waals surface area contributed by atoms with Gasteiger partial charge in [0.05, 0.1) is 24.1 Å². The molecule has 5 N–H and O–H groups in total. The second-order valence-corrected chi connectivity index (χ2v) is 25.6. The molecule has 0 aromatic carbocycles. The number of esters is 1. The number of rotatable bonds is 12. The molecular formula is C50H83NO9S. The van der Waals surface area contributed by atoms with Crippen LogP contribution in [0, 0.1) is 92.7 Å². The van der Waals surface area contributed by atoms with Crippen molar-refractivity contribution in [1.82, 2.24) is 5.32 Å². The molecule has 0 spiro atoms. The number of hydrogen-bond donors (Lipinski definition) is 5. The minimum atomic E-state index is -4.12. The van der Waals surface area contributed by atoms with Crippen molar-refractivity contribution < 1.29 is 42.6 Å². The van der Waals surface area contributed by atoms with Gasteiger partial charge in [0, 0.05) is 25.3 Å². The Labute approximate surface area is 368 Å². The summed E-state index contributed by atoms with van der Waals surface area (Å²) in [5.41, 5.74) is 0.588. The average Bonchev–Trinajstić information content (AvgIpc) is 3.73. The third kappa shape index (κ3) is 8.43. The summed E-state index contributed by atoms with van der Waals surface area (Å²) in [4.78, 5) is 26.9. The molecule has 8 fully saturated rings. The first-order valence-electron chi connectivity index (χ1n) is 25.1. The fourth-order valence-corrected chi connectivity index (χ4v) is 18.6. The minimum Gasteiger partial charge on any atom is -0.462 e. The molecular weight excluding hydrogens is 791 g/mol. The summed E-state index contributed by atoms with van der Waals surface area (Å²) in [6.45, 7) is 14.5. The predicted octanol–water partition coefficient (Wildman–Crippen LogP) is 8.36. The van der Waals surface area contributed by atoms with Crippen molar-refractivity contribution in [3.8, 4) is 0 Å². The van der Waals surface area contributed by atoms with Crippen molar-refractivity contribution in [3.63, 3.8) is 0 Å². The van der Waals surface area contributed by atoms with Gasteiger partial charge in [0.2, 0.25) is 5.91 Å². The van der Waals surface area contributed by atoms with E-state index >= 15 is 0 Å². The zero-order chi connectivity index (χ0) is 43.9. The summed E-state index contributed by atoms with van der Waals surface area (Å²) in [6, 6.07) is 0. The first-order chi connectivity index (χ1) is 28.7. The number of nitrogens with one attached hydrogen (secondary N) is 1. The van der Waals surface area contributed by atoms with Crippen LogP contribution in [0.15, 0.2) is 0 Å². The van der Waals surface area contributed by atoms with E-state index in [9.17, 15) is 33.3 Å². The van der Waals surface area contributed by atoms with Gasteiger partial charge in [-0.2, -0.15) is 8.42 Å². The van der Waals surface area contributed by atoms with Crippen LogP contribution in [-0.2, 0) is 24.4 Å². The molecule has 10 nitrogen and oxygen atoms in total. The van der Waals surface area contributed by atoms with Crippen molar-refractivity contribution in [3.05, 3.63) is 0 Å². The maximum atomic E-state index is 14.2. The van der Waals surface area contributed by atoms with E-state index in [-0.39, 0.29) is 70.4 Å². The minimum absolute atomic E-state index is 0.0599. The van der Waals surface area contributed by atoms with Gasteiger partial charge in [-0.3, -0.25) is 14.1 Å². The highest BCUT2D eigenvalue weighted by molar-refractivity contribution is 7.85. The molecule has 11 heteroatoms. The lowest BCUT2D eigenvalue weighted by Gasteiger charge is -2.62. The second kappa shape index (κ2) is 17.2. The Morgan fingerprint density at radius 2 is 1.11 bits per heavy atom. The molecule has 61 heavy (non-hydrogen) atoms. The average molecular weight is 874 g/mol. The predicted molar refractivity (Wildman–Crippen MR) is 235 cm³/mol. The van der Waals surface area contributed by atoms with Gasteiger partial charge in [-0.05, 0) is 202 Å². The van der Waals surface area contributed by atoms with Gasteiger partial charge in [0.15, 0.2) is 0 Å². The Kier molecular flexibility index (Phi) is 13.0. The van der Waals surface area contributed by atoms with Gasteiger partial charge in [0.25, 0.3) is 10.1 Å². The molecule has 0 aliphatic heterocycles. The summed E-state index contributed by atoms with van der Waals surface area (Å²) in [5, 5.41) is 35.8. The third-order valence-electron chi connectivity index (χ3n) is 21.4. The van der Waals surface area contributed by atoms with E-state index in [0.29, 0.717) is 77.9 Å². The van der Waals surface area contributed by atoms with Gasteiger partial charge in [0.1, 0.15) is 6.10 Å². The van der Waals surface area contributed by atoms with Crippen LogP contribution in [0.2, 0.25) is 0 Å². The summed E-state index contributed by atoms with van der Waals surface area (Å²) >= 11 is 0. The molecule has 0 aromatic rings. The number of hydrogen-bond acceptors (Lipinski definition) is 8. The molecule has 0 radical (unpaired) electrons. The zero-order valence-corrected chi connectivity index (χ0v) is 39.3. The van der Waals surface area contributed by atoms with Gasteiger partial charge in [-0.1, -0.05) is 41.5 Å². The van der Waals surface area contributed by atoms with Crippen LogP contribution in [0.25, 0.3) is 0 Å². The molecule has 8 aliphatic rings. The number of amides is 1. The summed E-state index contributed by atoms with van der Waals surface area (Å²) < 4.78 is 38.1. The molecule has 8 rings (SSSR count). The fraction of sp³-hybridized carbons (Fsp3) is 0.960. The molecule has 20 atom stereocenters. The highest BCUT2D eigenvalue weighted by Gasteiger charge is 2.65. The number of carbonyl (C=O) groups is 2. The van der Waals surface area contributed by atoms with Gasteiger partial charge < -0.3 is 25.4 Å². The number of carbonyl (C=O) groups excluding carboxylic acids is 2. The molecule has 5 unspecified atom stereocenters. The first-order valence-corrected chi connectivity index (χ1v) is 26.7. The number of aliphatic hydroxyl groups is 3. The van der Waals surface area contributed by atoms with Crippen LogP contribution < -0.4 is 5.32 Å². The van der Waals surface area contributed by atoms with Crippen molar-refractivity contribution in [2.75, 3.05) is 12.3 Å². The smallest absolute Gasteiger partial charge is 0.306 e. The van der Waals surface area contributed by atoms with E-state index in [2.05, 4.69) is 46.9 Å². The number of aliphatic hydroxyl groups excluding tert-OH is 3. The van der Waals surface area contributed by atoms with Crippen LogP contribution in [0.3, 0.4) is 0 Å². The van der Waals surface area contributed by atoms with Crippen molar-refractivity contribution in [2.24, 2.45) is 92.7 Å². The molecule has 0 heterocycles. The van der Waals surface area contributed by atoms with Crippen molar-refractivity contribution in [1.29, 1.82) is 0 Å². The maximum Gasteiger partial charge on any atom is 0.306 e. The second-order valence-electron chi connectivity index (χ2n) is 24.0. The monoisotopic (exact) mass is 874 g/mol. The normalized spacial score (nSPS) is 48.9. The number of fused-ring (bicyclic) bond motifs is 10. The lowest BCUT2D eigenvalue weighted by molar-refractivity contribution is -0.196. The van der Waals surface area contributed by atoms with E-state index in [4.69, 9.17) is 9.29 Å². The van der Waals surface area contributed by atoms with Gasteiger partial charge >= 0.3 is 5.97 Å². The summed E-state index contributed by atoms with van der Waals surface area (Å²) in [7, 11) is -4.12. The lowest BCUT2D eigenvalue weighted by Crippen LogP contribution is -2.59. The zero-order valence-electron chi connectivity index (χ0n) is 38.5. The number of ether oxygens (including phenoxy) is 1. The maximum absolute atomic E-state index is 14.2. The molecule has 0 bridgehead atoms. The van der Waals surface area contributed by atoms with Gasteiger partial charge in [-0.15, -0.1) is 0 Å². The molecule has 8 saturated carbocycles. The Hall–Kier alpha value is -1.27. The highest BCUT2D eigenvalue weighted by Crippen LogP contribution is 2.70. The SMILES string of the molecule is C[C@H](CCC(=O)NCCS(=O)(=O)O)[C@H]1CCC2[C@@H]3[C@@H](OC(=O)CC[C@H](C)[C@H]4CCC5C6[C@@H](O)CC7C[C@H](O)CC[C@]7(C)[C@H]6CC[C@@]54C)CC4C[C@H](O)CC[C@]4(C)[C@H]3CC[C@@]21C. The van der Waals surface area contributed by atoms with Crippen LogP contribution in [0.5, 0.6) is 0 Å². The third-order valence-corrected chi connectivity index (χ3v) is 22.1. The van der Waals surface area contributed by atoms with Crippen molar-refractivity contribution >= 4 is 22.0 Å². The lowest BCUT2D eigenvalue weighted by atomic mass is 9.43. The van der Waals surface area contributed by atoms with E-state index in [0.717, 1.165) is 96.3 Å². The van der Waals surface area contributed by atoms with E-state index in [1.165, 1.54) is 19.3 Å². The molecule has 348 valence electrons. The van der Waals surface area contributed by atoms with Gasteiger partial charge in [-0.25, -0.2) is 0 Å². The fourth-order valence-electron chi connectivity index (χ4n) is 18.2. The largest absolute Gasteiger partial charge is 0.462 e. The quantitative estimate of drug-likeness (QED) is 0.0956. The van der Waals surface area contributed by atoms with E-state index < -0.39 is 15.9 Å². The molecule has 8 aliphatic carbocycles. The first kappa shape index (κ1) is 46.3. The van der Waals surface area contributed by atoms with Crippen LogP contribution in [-0.4, -0.2) is 76.9 Å². The Bertz CT molecular complexity index is 1720. The van der Waals surface area contributed by atoms with Crippen LogP contribution in [0.1, 0.15) is 170 Å². The standard InChI is InChI=1S/C50H83NO9S/c1-29(7-13-43(55)51-23-24-61(57,58)59)35-10-12-38-46-40(18-22-50(35,38)6)48(4)20-16-34(53)26-32(48)28-42(46)60-44(56)14-8-30(2)36-9-11-37-45-39(17-21-49(36,37)5)47(3)19-15-33(52)25-31(47)27-41(45)54/h29-42,45-46,52-54H,7-28H2,1-6H3,(H,51,55)(H,57,58,59)/t29-,30+,31?,32?,33-,34-,35-,36-,37?,38?,39+,40+,41+,42+,45?,46+,47+,48+,49-,50-/m1/s1. The molecule has 1 amide bonds. The van der Waals surface area contributed by atoms with Crippen LogP contribution >= 0.6 is 0 Å². The molecule has 0 aromatic heterocycles. The Morgan fingerprint density at radius 3 is 1.67 bits per heavy atom. The van der Waals surface area contributed by atoms with E-state index in [1.54, 1.807) is 0 Å². The highest BCUT2D eigenvalue weighted by atomic mass is 32.2. The Morgan fingerprint density at radius 1 is 0.639 bits per heavy atom. The molecule has 0 saturated heterocycles. The Balaban J connectivity index is 0.918. The summed E-state index contributed by atoms with van der Waals surface area (Å²) in [5.74, 6) is 4.26. The summed E-state index contributed by atoms with van der Waals surface area (Å²) in [6.07, 6.45) is 17.6. The van der Waals surface area contributed by atoms with Crippen LogP contribution in [0.4, 0.5) is 0 Å². The van der Waals surface area contributed by atoms with Crippen molar-refractivity contribution in [2.45, 2.75) is 194 Å². The van der Waals surface area contributed by atoms with E-state index in [1.807, 2.05) is 0 Å².